The smallest absolute Gasteiger partial charge is 0.328 e. The van der Waals surface area contributed by atoms with Crippen LogP contribution in [0.3, 0.4) is 0 Å². The van der Waals surface area contributed by atoms with Crippen molar-refractivity contribution >= 4 is 35.1 Å². The molecule has 17 heavy (non-hydrogen) atoms. The average molecular weight is 270 g/mol. The van der Waals surface area contributed by atoms with Gasteiger partial charge in [0, 0.05) is 11.0 Å². The second-order valence-corrected chi connectivity index (χ2v) is 6.25. The molecule has 0 aliphatic carbocycles. The third kappa shape index (κ3) is 6.54. The number of hydrogen-bond acceptors (Lipinski definition) is 3. The Balaban J connectivity index is 2.28. The number of rotatable bonds is 8. The third-order valence-electron chi connectivity index (χ3n) is 2.23. The SMILES string of the molecule is CCCCCCSc1ccc(C=CC(=O)O)s1. The molecule has 94 valence electrons. The first-order valence-corrected chi connectivity index (χ1v) is 7.66. The van der Waals surface area contributed by atoms with E-state index < -0.39 is 5.97 Å². The summed E-state index contributed by atoms with van der Waals surface area (Å²) in [6.45, 7) is 2.22. The second kappa shape index (κ2) is 8.37. The number of carboxylic acid groups (broad SMARTS) is 1. The van der Waals surface area contributed by atoms with Crippen molar-refractivity contribution in [1.82, 2.24) is 0 Å². The van der Waals surface area contributed by atoms with E-state index in [4.69, 9.17) is 5.11 Å². The lowest BCUT2D eigenvalue weighted by Crippen LogP contribution is -1.84. The maximum atomic E-state index is 10.4. The van der Waals surface area contributed by atoms with Gasteiger partial charge in [-0.15, -0.1) is 23.1 Å². The molecule has 0 saturated carbocycles. The van der Waals surface area contributed by atoms with Crippen LogP contribution in [0.2, 0.25) is 0 Å². The van der Waals surface area contributed by atoms with Gasteiger partial charge in [0.1, 0.15) is 0 Å². The zero-order valence-corrected chi connectivity index (χ0v) is 11.6. The highest BCUT2D eigenvalue weighted by atomic mass is 32.2. The van der Waals surface area contributed by atoms with E-state index in [1.165, 1.54) is 36.0 Å². The van der Waals surface area contributed by atoms with Gasteiger partial charge in [-0.05, 0) is 30.4 Å². The molecule has 0 fully saturated rings. The summed E-state index contributed by atoms with van der Waals surface area (Å²) in [4.78, 5) is 11.4. The molecule has 0 atom stereocenters. The van der Waals surface area contributed by atoms with E-state index in [0.717, 1.165) is 10.6 Å². The van der Waals surface area contributed by atoms with Gasteiger partial charge in [0.15, 0.2) is 0 Å². The number of carboxylic acids is 1. The Morgan fingerprint density at radius 3 is 2.94 bits per heavy atom. The van der Waals surface area contributed by atoms with Gasteiger partial charge in [-0.25, -0.2) is 4.79 Å². The van der Waals surface area contributed by atoms with Gasteiger partial charge in [0.2, 0.25) is 0 Å². The normalized spacial score (nSPS) is 11.1. The number of unbranched alkanes of at least 4 members (excludes halogenated alkanes) is 3. The van der Waals surface area contributed by atoms with Crippen molar-refractivity contribution in [2.75, 3.05) is 5.75 Å². The number of carbonyl (C=O) groups is 1. The van der Waals surface area contributed by atoms with E-state index in [1.807, 2.05) is 17.8 Å². The van der Waals surface area contributed by atoms with Gasteiger partial charge in [-0.1, -0.05) is 26.2 Å². The summed E-state index contributed by atoms with van der Waals surface area (Å²) in [7, 11) is 0. The molecule has 0 unspecified atom stereocenters. The summed E-state index contributed by atoms with van der Waals surface area (Å²) >= 11 is 3.51. The minimum absolute atomic E-state index is 0.896. The van der Waals surface area contributed by atoms with Gasteiger partial charge in [-0.2, -0.15) is 0 Å². The Kier molecular flexibility index (Phi) is 7.05. The molecular formula is C13H18O2S2. The van der Waals surface area contributed by atoms with Crippen molar-refractivity contribution in [1.29, 1.82) is 0 Å². The van der Waals surface area contributed by atoms with Crippen LogP contribution in [0.15, 0.2) is 22.4 Å². The summed E-state index contributed by atoms with van der Waals surface area (Å²) in [6.07, 6.45) is 7.98. The lowest BCUT2D eigenvalue weighted by molar-refractivity contribution is -0.131. The zero-order chi connectivity index (χ0) is 12.5. The molecule has 0 spiro atoms. The summed E-state index contributed by atoms with van der Waals surface area (Å²) in [5.41, 5.74) is 0. The van der Waals surface area contributed by atoms with E-state index in [1.54, 1.807) is 17.4 Å². The van der Waals surface area contributed by atoms with E-state index in [0.29, 0.717) is 0 Å². The first kappa shape index (κ1) is 14.3. The molecule has 2 nitrogen and oxygen atoms in total. The van der Waals surface area contributed by atoms with Crippen LogP contribution in [0.25, 0.3) is 6.08 Å². The van der Waals surface area contributed by atoms with Gasteiger partial charge in [-0.3, -0.25) is 0 Å². The van der Waals surface area contributed by atoms with E-state index in [2.05, 4.69) is 13.0 Å². The first-order chi connectivity index (χ1) is 8.22. The second-order valence-electron chi connectivity index (χ2n) is 3.74. The molecule has 4 heteroatoms. The minimum atomic E-state index is -0.896. The number of hydrogen-bond donors (Lipinski definition) is 1. The van der Waals surface area contributed by atoms with E-state index >= 15 is 0 Å². The molecule has 1 rings (SSSR count). The van der Waals surface area contributed by atoms with Crippen LogP contribution >= 0.6 is 23.1 Å². The number of thiophene rings is 1. The molecule has 0 bridgehead atoms. The first-order valence-electron chi connectivity index (χ1n) is 5.86. The molecule has 1 N–H and O–H groups in total. The lowest BCUT2D eigenvalue weighted by atomic mass is 10.2. The Morgan fingerprint density at radius 1 is 1.41 bits per heavy atom. The van der Waals surface area contributed by atoms with Crippen molar-refractivity contribution in [3.8, 4) is 0 Å². The maximum absolute atomic E-state index is 10.4. The van der Waals surface area contributed by atoms with Crippen molar-refractivity contribution < 1.29 is 9.90 Å². The molecule has 1 aromatic heterocycles. The quantitative estimate of drug-likeness (QED) is 0.429. The minimum Gasteiger partial charge on any atom is -0.478 e. The Hall–Kier alpha value is -0.740. The predicted molar refractivity (Wildman–Crippen MR) is 75.9 cm³/mol. The van der Waals surface area contributed by atoms with Crippen LogP contribution in [0, 0.1) is 0 Å². The van der Waals surface area contributed by atoms with Crippen LogP contribution in [0.1, 0.15) is 37.5 Å². The number of thioether (sulfide) groups is 1. The molecule has 0 saturated heterocycles. The largest absolute Gasteiger partial charge is 0.478 e. The van der Waals surface area contributed by atoms with E-state index in [9.17, 15) is 4.79 Å². The van der Waals surface area contributed by atoms with Crippen molar-refractivity contribution in [3.05, 3.63) is 23.1 Å². The maximum Gasteiger partial charge on any atom is 0.328 e. The fourth-order valence-electron chi connectivity index (χ4n) is 1.36. The van der Waals surface area contributed by atoms with Crippen LogP contribution in [-0.2, 0) is 4.79 Å². The van der Waals surface area contributed by atoms with Gasteiger partial charge in [0.05, 0.1) is 4.21 Å². The van der Waals surface area contributed by atoms with Crippen molar-refractivity contribution in [2.24, 2.45) is 0 Å². The molecule has 0 aromatic carbocycles. The molecular weight excluding hydrogens is 252 g/mol. The summed E-state index contributed by atoms with van der Waals surface area (Å²) in [5, 5.41) is 8.52. The van der Waals surface area contributed by atoms with Gasteiger partial charge < -0.3 is 5.11 Å². The Morgan fingerprint density at radius 2 is 2.24 bits per heavy atom. The fourth-order valence-corrected chi connectivity index (χ4v) is 3.49. The zero-order valence-electron chi connectivity index (χ0n) is 10.0. The fraction of sp³-hybridized carbons (Fsp3) is 0.462. The highest BCUT2D eigenvalue weighted by Gasteiger charge is 1.99. The Labute approximate surface area is 111 Å². The van der Waals surface area contributed by atoms with E-state index in [-0.39, 0.29) is 0 Å². The summed E-state index contributed by atoms with van der Waals surface area (Å²) in [6, 6.07) is 4.04. The van der Waals surface area contributed by atoms with Crippen molar-refractivity contribution in [3.63, 3.8) is 0 Å². The highest BCUT2D eigenvalue weighted by molar-refractivity contribution is 8.01. The molecule has 1 aromatic rings. The topological polar surface area (TPSA) is 37.3 Å². The summed E-state index contributed by atoms with van der Waals surface area (Å²) in [5.74, 6) is 0.259. The lowest BCUT2D eigenvalue weighted by Gasteiger charge is -1.97. The summed E-state index contributed by atoms with van der Waals surface area (Å²) < 4.78 is 1.27. The monoisotopic (exact) mass is 270 g/mol. The molecule has 0 aliphatic heterocycles. The standard InChI is InChI=1S/C13H18O2S2/c1-2-3-4-5-10-16-13-9-7-11(17-13)6-8-12(14)15/h6-9H,2-5,10H2,1H3,(H,14,15). The van der Waals surface area contributed by atoms with Crippen LogP contribution in [0.5, 0.6) is 0 Å². The van der Waals surface area contributed by atoms with Gasteiger partial charge in [0.25, 0.3) is 0 Å². The highest BCUT2D eigenvalue weighted by Crippen LogP contribution is 2.28. The third-order valence-corrected chi connectivity index (χ3v) is 4.60. The van der Waals surface area contributed by atoms with Crippen LogP contribution in [-0.4, -0.2) is 16.8 Å². The molecule has 0 aliphatic rings. The van der Waals surface area contributed by atoms with Crippen molar-refractivity contribution in [2.45, 2.75) is 36.8 Å². The number of aliphatic carboxylic acids is 1. The van der Waals surface area contributed by atoms with Crippen LogP contribution < -0.4 is 0 Å². The van der Waals surface area contributed by atoms with Crippen LogP contribution in [0.4, 0.5) is 0 Å². The Bertz CT molecular complexity index is 369. The average Bonchev–Trinajstić information content (AvgIpc) is 2.74. The molecule has 1 heterocycles. The van der Waals surface area contributed by atoms with Gasteiger partial charge >= 0.3 is 5.97 Å². The predicted octanol–water partition coefficient (Wildman–Crippen LogP) is 4.52. The molecule has 0 radical (unpaired) electrons. The molecule has 0 amide bonds.